The highest BCUT2D eigenvalue weighted by atomic mass is 33.1. The van der Waals surface area contributed by atoms with Crippen LogP contribution in [0.1, 0.15) is 25.7 Å². The molecule has 0 aliphatic carbocycles. The standard InChI is InChI=1S/C15H18N2O9S2/c18-10-1-2-11(19)16(10)9-14(22)24-5-7-27-28-8-6-25-15(23)26-17-12(20)3-4-13(17)21/h1-9H2. The monoisotopic (exact) mass is 434 g/mol. The van der Waals surface area contributed by atoms with Crippen LogP contribution in [-0.4, -0.2) is 77.0 Å². The minimum absolute atomic E-state index is 0.00565. The fraction of sp³-hybridized carbons (Fsp3) is 0.600. The van der Waals surface area contributed by atoms with E-state index in [1.54, 1.807) is 0 Å². The number of carbonyl (C=O) groups is 6. The number of amides is 4. The smallest absolute Gasteiger partial charge is 0.463 e. The van der Waals surface area contributed by atoms with E-state index in [-0.39, 0.29) is 57.3 Å². The van der Waals surface area contributed by atoms with Crippen molar-refractivity contribution in [3.05, 3.63) is 0 Å². The maximum Gasteiger partial charge on any atom is 0.533 e. The molecule has 0 saturated carbocycles. The zero-order valence-electron chi connectivity index (χ0n) is 14.7. The molecule has 0 N–H and O–H groups in total. The second kappa shape index (κ2) is 10.9. The average molecular weight is 434 g/mol. The van der Waals surface area contributed by atoms with Gasteiger partial charge in [0.2, 0.25) is 11.8 Å². The van der Waals surface area contributed by atoms with Crippen LogP contribution in [0.4, 0.5) is 4.79 Å². The number of likely N-dealkylation sites (tertiary alicyclic amines) is 1. The third-order valence-electron chi connectivity index (χ3n) is 3.51. The summed E-state index contributed by atoms with van der Waals surface area (Å²) >= 11 is 0. The Hall–Kier alpha value is -2.28. The van der Waals surface area contributed by atoms with Crippen LogP contribution >= 0.6 is 21.6 Å². The van der Waals surface area contributed by atoms with Crippen molar-refractivity contribution >= 4 is 57.3 Å². The molecule has 0 aromatic heterocycles. The van der Waals surface area contributed by atoms with Crippen LogP contribution in [0.15, 0.2) is 0 Å². The van der Waals surface area contributed by atoms with Crippen molar-refractivity contribution in [2.45, 2.75) is 25.7 Å². The molecule has 0 spiro atoms. The Labute approximate surface area is 167 Å². The average Bonchev–Trinajstić information content (AvgIpc) is 3.14. The first kappa shape index (κ1) is 22.0. The molecule has 0 atom stereocenters. The third-order valence-corrected chi connectivity index (χ3v) is 5.85. The predicted molar refractivity (Wildman–Crippen MR) is 95.3 cm³/mol. The minimum atomic E-state index is -1.13. The lowest BCUT2D eigenvalue weighted by atomic mass is 10.4. The number of ether oxygens (including phenoxy) is 2. The van der Waals surface area contributed by atoms with Gasteiger partial charge < -0.3 is 9.47 Å². The molecular weight excluding hydrogens is 416 g/mol. The van der Waals surface area contributed by atoms with Crippen LogP contribution in [-0.2, 0) is 38.3 Å². The molecule has 0 radical (unpaired) electrons. The van der Waals surface area contributed by atoms with Crippen LogP contribution in [0, 0.1) is 0 Å². The van der Waals surface area contributed by atoms with E-state index in [2.05, 4.69) is 4.84 Å². The van der Waals surface area contributed by atoms with Crippen molar-refractivity contribution in [2.75, 3.05) is 31.3 Å². The first-order valence-electron chi connectivity index (χ1n) is 8.32. The van der Waals surface area contributed by atoms with E-state index in [1.807, 2.05) is 0 Å². The molecule has 28 heavy (non-hydrogen) atoms. The summed E-state index contributed by atoms with van der Waals surface area (Å²) in [5, 5.41) is 0.405. The Morgan fingerprint density at radius 3 is 1.86 bits per heavy atom. The first-order chi connectivity index (χ1) is 13.4. The zero-order chi connectivity index (χ0) is 20.5. The number of esters is 1. The highest BCUT2D eigenvalue weighted by molar-refractivity contribution is 8.76. The molecule has 2 aliphatic rings. The van der Waals surface area contributed by atoms with Crippen LogP contribution in [0.5, 0.6) is 0 Å². The molecule has 0 aromatic rings. The second-order valence-corrected chi connectivity index (χ2v) is 8.21. The molecule has 4 amide bonds. The summed E-state index contributed by atoms with van der Waals surface area (Å²) in [4.78, 5) is 73.7. The molecule has 0 bridgehead atoms. The lowest BCUT2D eigenvalue weighted by molar-refractivity contribution is -0.176. The molecule has 11 nitrogen and oxygen atoms in total. The van der Waals surface area contributed by atoms with E-state index in [4.69, 9.17) is 9.47 Å². The highest BCUT2D eigenvalue weighted by Crippen LogP contribution is 2.20. The minimum Gasteiger partial charge on any atom is -0.463 e. The first-order valence-corrected chi connectivity index (χ1v) is 10.8. The Morgan fingerprint density at radius 2 is 1.29 bits per heavy atom. The lowest BCUT2D eigenvalue weighted by Crippen LogP contribution is -2.35. The van der Waals surface area contributed by atoms with Crippen molar-refractivity contribution in [3.8, 4) is 0 Å². The van der Waals surface area contributed by atoms with Crippen molar-refractivity contribution in [3.63, 3.8) is 0 Å². The summed E-state index contributed by atoms with van der Waals surface area (Å²) in [5.41, 5.74) is 0. The fourth-order valence-electron chi connectivity index (χ4n) is 2.20. The number of hydrogen-bond acceptors (Lipinski definition) is 11. The number of hydroxylamine groups is 2. The Balaban J connectivity index is 1.45. The number of carbonyl (C=O) groups excluding carboxylic acids is 6. The summed E-state index contributed by atoms with van der Waals surface area (Å²) in [6, 6.07) is 0. The van der Waals surface area contributed by atoms with Crippen LogP contribution < -0.4 is 0 Å². The largest absolute Gasteiger partial charge is 0.533 e. The van der Waals surface area contributed by atoms with E-state index in [9.17, 15) is 28.8 Å². The van der Waals surface area contributed by atoms with Gasteiger partial charge in [-0.15, -0.1) is 0 Å². The van der Waals surface area contributed by atoms with Gasteiger partial charge in [0.05, 0.1) is 0 Å². The van der Waals surface area contributed by atoms with Crippen molar-refractivity contribution < 1.29 is 43.1 Å². The Bertz CT molecular complexity index is 582. The van der Waals surface area contributed by atoms with Gasteiger partial charge in [0.15, 0.2) is 0 Å². The van der Waals surface area contributed by atoms with Gasteiger partial charge in [-0.1, -0.05) is 26.7 Å². The van der Waals surface area contributed by atoms with Gasteiger partial charge >= 0.3 is 12.1 Å². The zero-order valence-corrected chi connectivity index (χ0v) is 16.4. The number of nitrogens with zero attached hydrogens (tertiary/aromatic N) is 2. The van der Waals surface area contributed by atoms with E-state index in [0.717, 1.165) is 4.90 Å². The lowest BCUT2D eigenvalue weighted by Gasteiger charge is -2.12. The van der Waals surface area contributed by atoms with Crippen LogP contribution in [0.25, 0.3) is 0 Å². The van der Waals surface area contributed by atoms with Crippen molar-refractivity contribution in [2.24, 2.45) is 0 Å². The van der Waals surface area contributed by atoms with Crippen LogP contribution in [0.3, 0.4) is 0 Å². The number of imide groups is 2. The number of rotatable bonds is 10. The van der Waals surface area contributed by atoms with Crippen molar-refractivity contribution in [1.82, 2.24) is 9.96 Å². The SMILES string of the molecule is O=C(CN1C(=O)CCC1=O)OCCSSCCOC(=O)ON1C(=O)CCC1=O. The maximum absolute atomic E-state index is 11.6. The second-order valence-electron chi connectivity index (χ2n) is 5.51. The number of hydrogen-bond donors (Lipinski definition) is 0. The Morgan fingerprint density at radius 1 is 0.786 bits per heavy atom. The molecule has 2 saturated heterocycles. The van der Waals surface area contributed by atoms with Gasteiger partial charge in [-0.3, -0.25) is 33.7 Å². The van der Waals surface area contributed by atoms with Crippen molar-refractivity contribution in [1.29, 1.82) is 0 Å². The normalized spacial score (nSPS) is 16.7. The molecule has 2 heterocycles. The fourth-order valence-corrected chi connectivity index (χ4v) is 3.85. The molecule has 0 aromatic carbocycles. The maximum atomic E-state index is 11.6. The van der Waals surface area contributed by atoms with Crippen LogP contribution in [0.2, 0.25) is 0 Å². The van der Waals surface area contributed by atoms with E-state index in [0.29, 0.717) is 16.6 Å². The van der Waals surface area contributed by atoms with E-state index >= 15 is 0 Å². The van der Waals surface area contributed by atoms with Gasteiger partial charge in [0.25, 0.3) is 11.8 Å². The molecule has 0 unspecified atom stereocenters. The molecule has 13 heteroatoms. The third kappa shape index (κ3) is 6.71. The summed E-state index contributed by atoms with van der Waals surface area (Å²) in [6.07, 6.45) is -0.867. The van der Waals surface area contributed by atoms with E-state index < -0.39 is 23.9 Å². The molecular formula is C15H18N2O9S2. The highest BCUT2D eigenvalue weighted by Gasteiger charge is 2.33. The van der Waals surface area contributed by atoms with Gasteiger partial charge in [0.1, 0.15) is 19.8 Å². The molecule has 2 fully saturated rings. The summed E-state index contributed by atoms with van der Waals surface area (Å²) in [7, 11) is 2.72. The van der Waals surface area contributed by atoms with Gasteiger partial charge in [0, 0.05) is 37.2 Å². The Kier molecular flexibility index (Phi) is 8.57. The van der Waals surface area contributed by atoms with Gasteiger partial charge in [-0.05, 0) is 0 Å². The van der Waals surface area contributed by atoms with Gasteiger partial charge in [-0.25, -0.2) is 4.79 Å². The van der Waals surface area contributed by atoms with E-state index in [1.165, 1.54) is 21.6 Å². The molecule has 2 rings (SSSR count). The molecule has 2 aliphatic heterocycles. The quantitative estimate of drug-likeness (QED) is 0.203. The topological polar surface area (TPSA) is 137 Å². The summed E-state index contributed by atoms with van der Waals surface area (Å²) < 4.78 is 9.69. The predicted octanol–water partition coefficient (Wildman–Crippen LogP) is 0.277. The van der Waals surface area contributed by atoms with Gasteiger partial charge in [-0.2, -0.15) is 0 Å². The molecule has 154 valence electrons. The summed E-state index contributed by atoms with van der Waals surface area (Å²) in [5.74, 6) is -1.69. The summed E-state index contributed by atoms with van der Waals surface area (Å²) in [6.45, 7) is -0.256.